The number of ether oxygens (including phenoxy) is 2. The molecule has 0 radical (unpaired) electrons. The number of nitrogens with zero attached hydrogens (tertiary/aromatic N) is 2. The van der Waals surface area contributed by atoms with E-state index < -0.39 is 4.92 Å². The summed E-state index contributed by atoms with van der Waals surface area (Å²) in [4.78, 5) is 14.3. The van der Waals surface area contributed by atoms with Crippen LogP contribution in [0.25, 0.3) is 0 Å². The highest BCUT2D eigenvalue weighted by molar-refractivity contribution is 5.29. The lowest BCUT2D eigenvalue weighted by Gasteiger charge is -2.51. The maximum Gasteiger partial charge on any atom is 0.287 e. The Morgan fingerprint density at radius 1 is 1.07 bits per heavy atom. The Morgan fingerprint density at radius 2 is 1.81 bits per heavy atom. The van der Waals surface area contributed by atoms with Crippen LogP contribution in [0, 0.1) is 15.5 Å². The van der Waals surface area contributed by atoms with Crippen molar-refractivity contribution in [1.29, 1.82) is 0 Å². The number of rotatable bonds is 6. The zero-order chi connectivity index (χ0) is 18.7. The summed E-state index contributed by atoms with van der Waals surface area (Å²) in [6.45, 7) is 0.694. The number of hydrogen-bond donors (Lipinski definition) is 0. The molecule has 0 aliphatic heterocycles. The Balaban J connectivity index is 1.20. The zero-order valence-electron chi connectivity index (χ0n) is 15.3. The predicted octanol–water partition coefficient (Wildman–Crippen LogP) is 4.68. The quantitative estimate of drug-likeness (QED) is 0.547. The molecule has 1 aromatic carbocycles. The smallest absolute Gasteiger partial charge is 0.287 e. The molecule has 0 unspecified atom stereocenters. The van der Waals surface area contributed by atoms with Gasteiger partial charge in [0.25, 0.3) is 5.69 Å². The zero-order valence-corrected chi connectivity index (χ0v) is 15.3. The van der Waals surface area contributed by atoms with Gasteiger partial charge in [0.05, 0.1) is 17.6 Å². The number of hydrogen-bond acceptors (Lipinski definition) is 5. The summed E-state index contributed by atoms with van der Waals surface area (Å²) in [6.07, 6.45) is 8.36. The number of benzene rings is 1. The molecule has 0 amide bonds. The Morgan fingerprint density at radius 3 is 2.44 bits per heavy atom. The molecule has 2 aromatic rings. The van der Waals surface area contributed by atoms with Gasteiger partial charge in [-0.05, 0) is 49.5 Å². The molecule has 2 aliphatic rings. The maximum absolute atomic E-state index is 10.7. The molecule has 0 saturated heterocycles. The van der Waals surface area contributed by atoms with E-state index in [1.807, 2.05) is 18.2 Å². The molecule has 0 bridgehead atoms. The Hall–Kier alpha value is -2.47. The average molecular weight is 368 g/mol. The minimum absolute atomic E-state index is 0.0130. The SMILES string of the molecule is O=[N+]([O-])c1ccc(OC2CCC3(CC2)CC(OCc2ccccc2)C3)nc1. The van der Waals surface area contributed by atoms with E-state index >= 15 is 0 Å². The molecular weight excluding hydrogens is 344 g/mol. The molecule has 1 heterocycles. The summed E-state index contributed by atoms with van der Waals surface area (Å²) in [5, 5.41) is 10.7. The monoisotopic (exact) mass is 368 g/mol. The van der Waals surface area contributed by atoms with Crippen LogP contribution in [0.4, 0.5) is 5.69 Å². The fourth-order valence-corrected chi connectivity index (χ4v) is 4.26. The van der Waals surface area contributed by atoms with Crippen molar-refractivity contribution < 1.29 is 14.4 Å². The lowest BCUT2D eigenvalue weighted by molar-refractivity contribution is -0.385. The Labute approximate surface area is 158 Å². The highest BCUT2D eigenvalue weighted by Crippen LogP contribution is 2.53. The van der Waals surface area contributed by atoms with Crippen LogP contribution in [0.1, 0.15) is 44.1 Å². The molecular formula is C21H24N2O4. The van der Waals surface area contributed by atoms with E-state index in [1.165, 1.54) is 17.8 Å². The van der Waals surface area contributed by atoms with Crippen molar-refractivity contribution in [3.63, 3.8) is 0 Å². The van der Waals surface area contributed by atoms with Crippen LogP contribution in [0.2, 0.25) is 0 Å². The second kappa shape index (κ2) is 7.64. The molecule has 142 valence electrons. The summed E-state index contributed by atoms with van der Waals surface area (Å²) < 4.78 is 12.0. The van der Waals surface area contributed by atoms with Crippen molar-refractivity contribution in [3.8, 4) is 5.88 Å². The topological polar surface area (TPSA) is 74.5 Å². The first-order valence-electron chi connectivity index (χ1n) is 9.55. The maximum atomic E-state index is 10.7. The third-order valence-electron chi connectivity index (χ3n) is 5.86. The van der Waals surface area contributed by atoms with Gasteiger partial charge in [-0.2, -0.15) is 0 Å². The minimum atomic E-state index is -0.450. The van der Waals surface area contributed by atoms with E-state index in [0.29, 0.717) is 24.0 Å². The van der Waals surface area contributed by atoms with Crippen LogP contribution in [-0.2, 0) is 11.3 Å². The van der Waals surface area contributed by atoms with Gasteiger partial charge in [0, 0.05) is 12.1 Å². The Bertz CT molecular complexity index is 763. The molecule has 2 saturated carbocycles. The van der Waals surface area contributed by atoms with E-state index in [1.54, 1.807) is 6.07 Å². The summed E-state index contributed by atoms with van der Waals surface area (Å²) in [5.41, 5.74) is 1.64. The van der Waals surface area contributed by atoms with Gasteiger partial charge in [0.2, 0.25) is 5.88 Å². The van der Waals surface area contributed by atoms with Crippen molar-refractivity contribution in [1.82, 2.24) is 4.98 Å². The number of pyridine rings is 1. The van der Waals surface area contributed by atoms with E-state index in [9.17, 15) is 10.1 Å². The van der Waals surface area contributed by atoms with E-state index in [4.69, 9.17) is 9.47 Å². The van der Waals surface area contributed by atoms with Gasteiger partial charge in [-0.15, -0.1) is 0 Å². The average Bonchev–Trinajstić information content (AvgIpc) is 2.67. The lowest BCUT2D eigenvalue weighted by atomic mass is 9.59. The second-order valence-electron chi connectivity index (χ2n) is 7.76. The number of aromatic nitrogens is 1. The van der Waals surface area contributed by atoms with Gasteiger partial charge in [-0.25, -0.2) is 4.98 Å². The van der Waals surface area contributed by atoms with Gasteiger partial charge >= 0.3 is 0 Å². The molecule has 6 heteroatoms. The molecule has 1 aromatic heterocycles. The highest BCUT2D eigenvalue weighted by atomic mass is 16.6. The third kappa shape index (κ3) is 4.27. The summed E-state index contributed by atoms with van der Waals surface area (Å²) in [5.74, 6) is 0.472. The first kappa shape index (κ1) is 17.9. The van der Waals surface area contributed by atoms with Gasteiger partial charge in [-0.1, -0.05) is 30.3 Å². The molecule has 2 aliphatic carbocycles. The van der Waals surface area contributed by atoms with Crippen LogP contribution in [0.15, 0.2) is 48.7 Å². The van der Waals surface area contributed by atoms with E-state index in [0.717, 1.165) is 38.5 Å². The first-order valence-corrected chi connectivity index (χ1v) is 9.55. The van der Waals surface area contributed by atoms with Crippen molar-refractivity contribution in [2.75, 3.05) is 0 Å². The van der Waals surface area contributed by atoms with Crippen LogP contribution in [0.5, 0.6) is 5.88 Å². The van der Waals surface area contributed by atoms with Crippen LogP contribution in [-0.4, -0.2) is 22.1 Å². The normalized spacial score (nSPS) is 27.1. The standard InChI is InChI=1S/C21H24N2O4/c24-23(25)17-6-7-20(22-14-17)27-18-8-10-21(11-9-18)12-19(13-21)26-15-16-4-2-1-3-5-16/h1-7,14,18-19H,8-13,15H2. The number of nitro groups is 1. The van der Waals surface area contributed by atoms with Gasteiger partial charge in [0.1, 0.15) is 12.3 Å². The molecule has 6 nitrogen and oxygen atoms in total. The van der Waals surface area contributed by atoms with Crippen molar-refractivity contribution in [3.05, 3.63) is 64.3 Å². The van der Waals surface area contributed by atoms with Crippen molar-refractivity contribution in [2.45, 2.75) is 57.3 Å². The largest absolute Gasteiger partial charge is 0.474 e. The van der Waals surface area contributed by atoms with Gasteiger partial charge in [0.15, 0.2) is 0 Å². The van der Waals surface area contributed by atoms with E-state index in [2.05, 4.69) is 17.1 Å². The lowest BCUT2D eigenvalue weighted by Crippen LogP contribution is -2.46. The second-order valence-corrected chi connectivity index (χ2v) is 7.76. The molecule has 2 fully saturated rings. The Kier molecular flexibility index (Phi) is 5.07. The summed E-state index contributed by atoms with van der Waals surface area (Å²) in [6, 6.07) is 13.3. The van der Waals surface area contributed by atoms with Crippen LogP contribution >= 0.6 is 0 Å². The minimum Gasteiger partial charge on any atom is -0.474 e. The highest BCUT2D eigenvalue weighted by Gasteiger charge is 2.46. The molecule has 27 heavy (non-hydrogen) atoms. The fraction of sp³-hybridized carbons (Fsp3) is 0.476. The van der Waals surface area contributed by atoms with Gasteiger partial charge < -0.3 is 9.47 Å². The van der Waals surface area contributed by atoms with Crippen molar-refractivity contribution >= 4 is 5.69 Å². The van der Waals surface area contributed by atoms with Crippen molar-refractivity contribution in [2.24, 2.45) is 5.41 Å². The summed E-state index contributed by atoms with van der Waals surface area (Å²) in [7, 11) is 0. The fourth-order valence-electron chi connectivity index (χ4n) is 4.26. The molecule has 1 spiro atoms. The predicted molar refractivity (Wildman–Crippen MR) is 100 cm³/mol. The van der Waals surface area contributed by atoms with Crippen LogP contribution in [0.3, 0.4) is 0 Å². The molecule has 4 rings (SSSR count). The van der Waals surface area contributed by atoms with Crippen LogP contribution < -0.4 is 4.74 Å². The third-order valence-corrected chi connectivity index (χ3v) is 5.86. The summed E-state index contributed by atoms with van der Waals surface area (Å²) >= 11 is 0. The van der Waals surface area contributed by atoms with Gasteiger partial charge in [-0.3, -0.25) is 10.1 Å². The molecule has 0 N–H and O–H groups in total. The molecule has 0 atom stereocenters. The first-order chi connectivity index (χ1) is 13.1. The van der Waals surface area contributed by atoms with E-state index in [-0.39, 0.29) is 11.8 Å².